The fourth-order valence-electron chi connectivity index (χ4n) is 3.84. The zero-order valence-electron chi connectivity index (χ0n) is 17.4. The van der Waals surface area contributed by atoms with Gasteiger partial charge in [-0.05, 0) is 51.3 Å². The van der Waals surface area contributed by atoms with Crippen molar-refractivity contribution < 1.29 is 17.7 Å². The van der Waals surface area contributed by atoms with E-state index in [0.717, 1.165) is 5.56 Å². The zero-order chi connectivity index (χ0) is 22.2. The summed E-state index contributed by atoms with van der Waals surface area (Å²) in [6.07, 6.45) is 0.902. The zero-order valence-corrected chi connectivity index (χ0v) is 19.7. The molecule has 10 heteroatoms. The number of piperidine rings is 1. The third-order valence-corrected chi connectivity index (χ3v) is 8.42. The van der Waals surface area contributed by atoms with Crippen LogP contribution in [0, 0.1) is 19.8 Å². The highest BCUT2D eigenvalue weighted by Gasteiger charge is 2.36. The van der Waals surface area contributed by atoms with Crippen molar-refractivity contribution in [2.75, 3.05) is 20.1 Å². The molecule has 0 spiro atoms. The SMILES string of the molecule is Cc1noc(C)c1S(=O)(=O)N1CCC(C(=O)N(C)C(C)c2ccc(Cl)cc2Cl)CC1. The van der Waals surface area contributed by atoms with E-state index in [4.69, 9.17) is 27.7 Å². The molecule has 3 rings (SSSR count). The molecule has 1 unspecified atom stereocenters. The van der Waals surface area contributed by atoms with E-state index in [0.29, 0.717) is 28.6 Å². The minimum Gasteiger partial charge on any atom is -0.360 e. The average Bonchev–Trinajstić information content (AvgIpc) is 3.05. The van der Waals surface area contributed by atoms with Gasteiger partial charge in [0, 0.05) is 36.1 Å². The van der Waals surface area contributed by atoms with Crippen molar-refractivity contribution in [2.24, 2.45) is 5.92 Å². The number of carbonyl (C=O) groups is 1. The van der Waals surface area contributed by atoms with E-state index in [2.05, 4.69) is 5.16 Å². The van der Waals surface area contributed by atoms with Crippen molar-refractivity contribution >= 4 is 39.1 Å². The molecule has 0 radical (unpaired) electrons. The van der Waals surface area contributed by atoms with Crippen LogP contribution in [0.3, 0.4) is 0 Å². The molecule has 1 fully saturated rings. The lowest BCUT2D eigenvalue weighted by molar-refractivity contribution is -0.137. The van der Waals surface area contributed by atoms with E-state index >= 15 is 0 Å². The molecule has 1 saturated heterocycles. The maximum atomic E-state index is 13.0. The number of hydrogen-bond acceptors (Lipinski definition) is 5. The fraction of sp³-hybridized carbons (Fsp3) is 0.500. The van der Waals surface area contributed by atoms with E-state index in [1.807, 2.05) is 13.0 Å². The fourth-order valence-corrected chi connectivity index (χ4v) is 6.17. The summed E-state index contributed by atoms with van der Waals surface area (Å²) in [6.45, 7) is 5.64. The molecule has 2 heterocycles. The molecule has 1 atom stereocenters. The monoisotopic (exact) mass is 473 g/mol. The van der Waals surface area contributed by atoms with Gasteiger partial charge >= 0.3 is 0 Å². The molecule has 1 aliphatic heterocycles. The number of hydrogen-bond donors (Lipinski definition) is 0. The van der Waals surface area contributed by atoms with Crippen molar-refractivity contribution in [3.63, 3.8) is 0 Å². The van der Waals surface area contributed by atoms with Crippen molar-refractivity contribution in [1.29, 1.82) is 0 Å². The molecule has 1 aromatic carbocycles. The molecule has 1 aliphatic rings. The number of halogens is 2. The van der Waals surface area contributed by atoms with Crippen LogP contribution < -0.4 is 0 Å². The molecule has 1 aromatic heterocycles. The normalized spacial score (nSPS) is 17.1. The van der Waals surface area contributed by atoms with E-state index in [-0.39, 0.29) is 41.6 Å². The Labute approximate surface area is 187 Å². The predicted molar refractivity (Wildman–Crippen MR) is 115 cm³/mol. The summed E-state index contributed by atoms with van der Waals surface area (Å²) in [5, 5.41) is 4.79. The maximum Gasteiger partial charge on any atom is 0.248 e. The molecule has 164 valence electrons. The molecule has 1 amide bonds. The van der Waals surface area contributed by atoms with E-state index < -0.39 is 10.0 Å². The predicted octanol–water partition coefficient (Wildman–Crippen LogP) is 4.22. The maximum absolute atomic E-state index is 13.0. The third kappa shape index (κ3) is 4.37. The number of rotatable bonds is 5. The lowest BCUT2D eigenvalue weighted by Crippen LogP contribution is -2.44. The van der Waals surface area contributed by atoms with E-state index in [9.17, 15) is 13.2 Å². The van der Waals surface area contributed by atoms with Crippen LogP contribution >= 0.6 is 23.2 Å². The van der Waals surface area contributed by atoms with Gasteiger partial charge in [0.2, 0.25) is 15.9 Å². The average molecular weight is 474 g/mol. The second-order valence-corrected chi connectivity index (χ2v) is 10.3. The van der Waals surface area contributed by atoms with Gasteiger partial charge in [0.1, 0.15) is 10.6 Å². The Bertz CT molecular complexity index is 1030. The number of amides is 1. The number of sulfonamides is 1. The summed E-state index contributed by atoms with van der Waals surface area (Å²) in [7, 11) is -1.96. The molecule has 2 aromatic rings. The molecular formula is C20H25Cl2N3O4S. The summed E-state index contributed by atoms with van der Waals surface area (Å²) in [6, 6.07) is 4.99. The molecule has 0 bridgehead atoms. The Balaban J connectivity index is 1.68. The van der Waals surface area contributed by atoms with Crippen LogP contribution in [0.15, 0.2) is 27.6 Å². The number of aromatic nitrogens is 1. The van der Waals surface area contributed by atoms with Gasteiger partial charge in [-0.2, -0.15) is 4.31 Å². The van der Waals surface area contributed by atoms with Crippen LogP contribution in [0.1, 0.15) is 42.8 Å². The Morgan fingerprint density at radius 1 is 1.27 bits per heavy atom. The lowest BCUT2D eigenvalue weighted by Gasteiger charge is -2.34. The molecule has 30 heavy (non-hydrogen) atoms. The first-order chi connectivity index (χ1) is 14.0. The first-order valence-electron chi connectivity index (χ1n) is 9.68. The lowest BCUT2D eigenvalue weighted by atomic mass is 9.95. The first-order valence-corrected chi connectivity index (χ1v) is 11.9. The van der Waals surface area contributed by atoms with Crippen LogP contribution in [-0.4, -0.2) is 48.8 Å². The summed E-state index contributed by atoms with van der Waals surface area (Å²) in [5.41, 5.74) is 1.16. The topological polar surface area (TPSA) is 83.7 Å². The van der Waals surface area contributed by atoms with E-state index in [1.165, 1.54) is 4.31 Å². The summed E-state index contributed by atoms with van der Waals surface area (Å²) >= 11 is 12.3. The van der Waals surface area contributed by atoms with Crippen molar-refractivity contribution in [1.82, 2.24) is 14.4 Å². The summed E-state index contributed by atoms with van der Waals surface area (Å²) in [5.74, 6) is 0.00153. The first kappa shape index (κ1) is 23.1. The van der Waals surface area contributed by atoms with Crippen molar-refractivity contribution in [3.05, 3.63) is 45.3 Å². The third-order valence-electron chi connectivity index (χ3n) is 5.71. The quantitative estimate of drug-likeness (QED) is 0.648. The highest BCUT2D eigenvalue weighted by Crippen LogP contribution is 2.32. The van der Waals surface area contributed by atoms with Crippen LogP contribution in [0.5, 0.6) is 0 Å². The molecule has 0 N–H and O–H groups in total. The molecule has 0 aliphatic carbocycles. The number of nitrogens with zero attached hydrogens (tertiary/aromatic N) is 3. The van der Waals surface area contributed by atoms with Gasteiger partial charge in [-0.3, -0.25) is 4.79 Å². The Kier molecular flexibility index (Phi) is 6.81. The standard InChI is InChI=1S/C20H25Cl2N3O4S/c1-12-19(14(3)29-23-12)30(27,28)25-9-7-15(8-10-25)20(26)24(4)13(2)17-6-5-16(21)11-18(17)22/h5-6,11,13,15H,7-10H2,1-4H3. The van der Waals surface area contributed by atoms with Gasteiger partial charge < -0.3 is 9.42 Å². The molecule has 0 saturated carbocycles. The number of carbonyl (C=O) groups excluding carboxylic acids is 1. The van der Waals surface area contributed by atoms with Gasteiger partial charge in [-0.1, -0.05) is 34.4 Å². The van der Waals surface area contributed by atoms with Crippen LogP contribution in [0.25, 0.3) is 0 Å². The summed E-state index contributed by atoms with van der Waals surface area (Å²) < 4.78 is 32.3. The van der Waals surface area contributed by atoms with Gasteiger partial charge in [-0.25, -0.2) is 8.42 Å². The highest BCUT2D eigenvalue weighted by molar-refractivity contribution is 7.89. The van der Waals surface area contributed by atoms with Crippen LogP contribution in [0.4, 0.5) is 0 Å². The van der Waals surface area contributed by atoms with Crippen molar-refractivity contribution in [3.8, 4) is 0 Å². The molecular weight excluding hydrogens is 449 g/mol. The smallest absolute Gasteiger partial charge is 0.248 e. The molecule has 7 nitrogen and oxygen atoms in total. The van der Waals surface area contributed by atoms with Gasteiger partial charge in [0.25, 0.3) is 0 Å². The van der Waals surface area contributed by atoms with Crippen LogP contribution in [-0.2, 0) is 14.8 Å². The number of aryl methyl sites for hydroxylation is 2. The Hall–Kier alpha value is -1.61. The summed E-state index contributed by atoms with van der Waals surface area (Å²) in [4.78, 5) is 14.8. The van der Waals surface area contributed by atoms with Gasteiger partial charge in [0.15, 0.2) is 5.76 Å². The Morgan fingerprint density at radius 3 is 2.43 bits per heavy atom. The van der Waals surface area contributed by atoms with Gasteiger partial charge in [-0.15, -0.1) is 0 Å². The Morgan fingerprint density at radius 2 is 1.90 bits per heavy atom. The second-order valence-electron chi connectivity index (χ2n) is 7.62. The highest BCUT2D eigenvalue weighted by atomic mass is 35.5. The minimum absolute atomic E-state index is 0.0251. The number of benzene rings is 1. The van der Waals surface area contributed by atoms with Gasteiger partial charge in [0.05, 0.1) is 6.04 Å². The van der Waals surface area contributed by atoms with Crippen LogP contribution in [0.2, 0.25) is 10.0 Å². The van der Waals surface area contributed by atoms with E-state index in [1.54, 1.807) is 37.9 Å². The minimum atomic E-state index is -3.70. The second kappa shape index (κ2) is 8.86. The van der Waals surface area contributed by atoms with Crippen molar-refractivity contribution in [2.45, 2.75) is 44.6 Å². The largest absolute Gasteiger partial charge is 0.360 e.